The van der Waals surface area contributed by atoms with Gasteiger partial charge in [0.25, 0.3) is 0 Å². The Morgan fingerprint density at radius 1 is 1.29 bits per heavy atom. The molecule has 0 radical (unpaired) electrons. The standard InChI is InChI=1S/C16H18ClN3O/c1-3-18-14-9-15(20-16(19-14)11-5-6-11)21-13-7-4-10(2)8-12(13)17/h4,7-9,11H,3,5-6H2,1-2H3,(H,18,19,20). The normalized spacial score (nSPS) is 14.0. The molecule has 0 saturated heterocycles. The van der Waals surface area contributed by atoms with E-state index in [-0.39, 0.29) is 0 Å². The Bertz CT molecular complexity index is 656. The fourth-order valence-electron chi connectivity index (χ4n) is 2.09. The summed E-state index contributed by atoms with van der Waals surface area (Å²) < 4.78 is 5.85. The number of hydrogen-bond acceptors (Lipinski definition) is 4. The van der Waals surface area contributed by atoms with E-state index in [9.17, 15) is 0 Å². The van der Waals surface area contributed by atoms with Crippen LogP contribution in [-0.2, 0) is 0 Å². The third-order valence-corrected chi connectivity index (χ3v) is 3.62. The van der Waals surface area contributed by atoms with E-state index in [2.05, 4.69) is 15.3 Å². The van der Waals surface area contributed by atoms with Crippen LogP contribution in [0.4, 0.5) is 5.82 Å². The average molecular weight is 304 g/mol. The van der Waals surface area contributed by atoms with E-state index in [1.807, 2.05) is 38.1 Å². The molecule has 1 aliphatic carbocycles. The lowest BCUT2D eigenvalue weighted by Gasteiger charge is -2.11. The van der Waals surface area contributed by atoms with Gasteiger partial charge >= 0.3 is 0 Å². The Labute approximate surface area is 129 Å². The van der Waals surface area contributed by atoms with Gasteiger partial charge in [0.15, 0.2) is 0 Å². The summed E-state index contributed by atoms with van der Waals surface area (Å²) in [6.07, 6.45) is 2.31. The number of nitrogens with one attached hydrogen (secondary N) is 1. The summed E-state index contributed by atoms with van der Waals surface area (Å²) in [4.78, 5) is 9.03. The van der Waals surface area contributed by atoms with E-state index in [1.54, 1.807) is 0 Å². The second kappa shape index (κ2) is 5.90. The molecule has 5 heteroatoms. The van der Waals surface area contributed by atoms with Gasteiger partial charge in [0.1, 0.15) is 17.4 Å². The first-order valence-electron chi connectivity index (χ1n) is 7.22. The summed E-state index contributed by atoms with van der Waals surface area (Å²) in [6, 6.07) is 7.52. The van der Waals surface area contributed by atoms with Crippen LogP contribution in [0.25, 0.3) is 0 Å². The van der Waals surface area contributed by atoms with Crippen LogP contribution >= 0.6 is 11.6 Å². The molecule has 1 aliphatic rings. The third kappa shape index (κ3) is 3.45. The summed E-state index contributed by atoms with van der Waals surface area (Å²) in [5.41, 5.74) is 1.10. The van der Waals surface area contributed by atoms with Gasteiger partial charge in [-0.3, -0.25) is 0 Å². The van der Waals surface area contributed by atoms with Gasteiger partial charge in [0.05, 0.1) is 5.02 Å². The fraction of sp³-hybridized carbons (Fsp3) is 0.375. The fourth-order valence-corrected chi connectivity index (χ4v) is 2.37. The Balaban J connectivity index is 1.89. The highest BCUT2D eigenvalue weighted by molar-refractivity contribution is 6.32. The van der Waals surface area contributed by atoms with Gasteiger partial charge in [-0.2, -0.15) is 4.98 Å². The molecule has 1 fully saturated rings. The molecule has 3 rings (SSSR count). The minimum atomic E-state index is 0.472. The minimum Gasteiger partial charge on any atom is -0.437 e. The first-order valence-corrected chi connectivity index (χ1v) is 7.60. The lowest BCUT2D eigenvalue weighted by Crippen LogP contribution is -2.04. The largest absolute Gasteiger partial charge is 0.437 e. The van der Waals surface area contributed by atoms with E-state index in [1.165, 1.54) is 0 Å². The van der Waals surface area contributed by atoms with E-state index < -0.39 is 0 Å². The molecule has 4 nitrogen and oxygen atoms in total. The average Bonchev–Trinajstić information content (AvgIpc) is 3.27. The van der Waals surface area contributed by atoms with Crippen molar-refractivity contribution >= 4 is 17.4 Å². The van der Waals surface area contributed by atoms with E-state index in [0.717, 1.165) is 36.6 Å². The second-order valence-electron chi connectivity index (χ2n) is 5.29. The van der Waals surface area contributed by atoms with Gasteiger partial charge in [-0.05, 0) is 44.4 Å². The highest BCUT2D eigenvalue weighted by Gasteiger charge is 2.27. The van der Waals surface area contributed by atoms with E-state index in [0.29, 0.717) is 22.6 Å². The number of aromatic nitrogens is 2. The quantitative estimate of drug-likeness (QED) is 0.881. The summed E-state index contributed by atoms with van der Waals surface area (Å²) >= 11 is 6.21. The summed E-state index contributed by atoms with van der Waals surface area (Å²) in [7, 11) is 0. The molecule has 0 spiro atoms. The predicted octanol–water partition coefficient (Wildman–Crippen LogP) is 4.54. The van der Waals surface area contributed by atoms with Gasteiger partial charge < -0.3 is 10.1 Å². The smallest absolute Gasteiger partial charge is 0.224 e. The Kier molecular flexibility index (Phi) is 3.97. The highest BCUT2D eigenvalue weighted by atomic mass is 35.5. The van der Waals surface area contributed by atoms with Gasteiger partial charge in [-0.1, -0.05) is 17.7 Å². The molecule has 1 heterocycles. The molecule has 2 aromatic rings. The number of ether oxygens (including phenoxy) is 1. The topological polar surface area (TPSA) is 47.0 Å². The number of anilines is 1. The number of hydrogen-bond donors (Lipinski definition) is 1. The molecule has 0 atom stereocenters. The first kappa shape index (κ1) is 14.1. The second-order valence-corrected chi connectivity index (χ2v) is 5.70. The van der Waals surface area contributed by atoms with Crippen molar-refractivity contribution in [1.82, 2.24) is 9.97 Å². The van der Waals surface area contributed by atoms with Crippen LogP contribution in [-0.4, -0.2) is 16.5 Å². The predicted molar refractivity (Wildman–Crippen MR) is 84.4 cm³/mol. The van der Waals surface area contributed by atoms with Crippen LogP contribution in [0.15, 0.2) is 24.3 Å². The zero-order chi connectivity index (χ0) is 14.8. The molecule has 0 unspecified atom stereocenters. The zero-order valence-corrected chi connectivity index (χ0v) is 12.9. The molecule has 0 aliphatic heterocycles. The van der Waals surface area contributed by atoms with Crippen LogP contribution in [0.3, 0.4) is 0 Å². The molecule has 0 amide bonds. The van der Waals surface area contributed by atoms with Crippen LogP contribution in [0.5, 0.6) is 11.6 Å². The van der Waals surface area contributed by atoms with Gasteiger partial charge in [-0.25, -0.2) is 4.98 Å². The van der Waals surface area contributed by atoms with Crippen molar-refractivity contribution in [2.75, 3.05) is 11.9 Å². The van der Waals surface area contributed by atoms with Crippen molar-refractivity contribution in [2.45, 2.75) is 32.6 Å². The molecular weight excluding hydrogens is 286 g/mol. The van der Waals surface area contributed by atoms with Crippen molar-refractivity contribution in [1.29, 1.82) is 0 Å². The molecule has 1 N–H and O–H groups in total. The van der Waals surface area contributed by atoms with Crippen LogP contribution in [0.2, 0.25) is 5.02 Å². The molecule has 1 aromatic heterocycles. The minimum absolute atomic E-state index is 0.472. The van der Waals surface area contributed by atoms with Crippen LogP contribution in [0, 0.1) is 6.92 Å². The Morgan fingerprint density at radius 3 is 2.76 bits per heavy atom. The van der Waals surface area contributed by atoms with Crippen molar-refractivity contribution in [3.63, 3.8) is 0 Å². The van der Waals surface area contributed by atoms with Crippen molar-refractivity contribution in [3.8, 4) is 11.6 Å². The summed E-state index contributed by atoms with van der Waals surface area (Å²) in [6.45, 7) is 4.84. The van der Waals surface area contributed by atoms with Gasteiger partial charge in [0, 0.05) is 18.5 Å². The third-order valence-electron chi connectivity index (χ3n) is 3.32. The van der Waals surface area contributed by atoms with Crippen molar-refractivity contribution < 1.29 is 4.74 Å². The number of benzene rings is 1. The SMILES string of the molecule is CCNc1cc(Oc2ccc(C)cc2Cl)nc(C2CC2)n1. The Hall–Kier alpha value is -1.81. The van der Waals surface area contributed by atoms with Crippen LogP contribution < -0.4 is 10.1 Å². The molecule has 1 saturated carbocycles. The lowest BCUT2D eigenvalue weighted by molar-refractivity contribution is 0.459. The van der Waals surface area contributed by atoms with Gasteiger partial charge in [0.2, 0.25) is 5.88 Å². The molecular formula is C16H18ClN3O. The maximum Gasteiger partial charge on any atom is 0.224 e. The number of halogens is 1. The summed E-state index contributed by atoms with van der Waals surface area (Å²) in [5, 5.41) is 3.81. The highest BCUT2D eigenvalue weighted by Crippen LogP contribution is 2.39. The van der Waals surface area contributed by atoms with E-state index in [4.69, 9.17) is 16.3 Å². The van der Waals surface area contributed by atoms with Crippen molar-refractivity contribution in [3.05, 3.63) is 40.7 Å². The van der Waals surface area contributed by atoms with Crippen LogP contribution in [0.1, 0.15) is 37.1 Å². The number of aryl methyl sites for hydroxylation is 1. The zero-order valence-electron chi connectivity index (χ0n) is 12.2. The first-order chi connectivity index (χ1) is 10.2. The lowest BCUT2D eigenvalue weighted by atomic mass is 10.2. The maximum atomic E-state index is 6.21. The monoisotopic (exact) mass is 303 g/mol. The summed E-state index contributed by atoms with van der Waals surface area (Å²) in [5.74, 6) is 3.28. The number of nitrogens with zero attached hydrogens (tertiary/aromatic N) is 2. The van der Waals surface area contributed by atoms with Gasteiger partial charge in [-0.15, -0.1) is 0 Å². The molecule has 21 heavy (non-hydrogen) atoms. The van der Waals surface area contributed by atoms with Crippen molar-refractivity contribution in [2.24, 2.45) is 0 Å². The molecule has 110 valence electrons. The molecule has 1 aromatic carbocycles. The molecule has 0 bridgehead atoms. The Morgan fingerprint density at radius 2 is 2.10 bits per heavy atom. The number of rotatable bonds is 5. The maximum absolute atomic E-state index is 6.21. The van der Waals surface area contributed by atoms with E-state index >= 15 is 0 Å².